The van der Waals surface area contributed by atoms with E-state index >= 15 is 0 Å². The Bertz CT molecular complexity index is 495. The number of hydrogen-bond donors (Lipinski definition) is 1. The van der Waals surface area contributed by atoms with Gasteiger partial charge in [0.15, 0.2) is 0 Å². The minimum atomic E-state index is -0.251. The Morgan fingerprint density at radius 1 is 1.60 bits per heavy atom. The van der Waals surface area contributed by atoms with Crippen LogP contribution in [0, 0.1) is 11.3 Å². The monoisotopic (exact) mass is 266 g/mol. The van der Waals surface area contributed by atoms with E-state index in [2.05, 4.69) is 20.9 Å². The molecule has 1 N–H and O–H groups in total. The molecule has 0 aromatic carbocycles. The molecule has 0 bridgehead atoms. The van der Waals surface area contributed by atoms with Crippen molar-refractivity contribution in [2.24, 2.45) is 0 Å². The Morgan fingerprint density at radius 3 is 2.73 bits per heavy atom. The normalized spacial score (nSPS) is 15.0. The first kappa shape index (κ1) is 10.4. The van der Waals surface area contributed by atoms with Gasteiger partial charge in [0.1, 0.15) is 11.6 Å². The van der Waals surface area contributed by atoms with Crippen molar-refractivity contribution in [3.63, 3.8) is 0 Å². The molecule has 4 heteroatoms. The lowest BCUT2D eigenvalue weighted by Gasteiger charge is -2.08. The van der Waals surface area contributed by atoms with Crippen molar-refractivity contribution >= 4 is 15.9 Å². The van der Waals surface area contributed by atoms with Crippen LogP contribution in [0.5, 0.6) is 0 Å². The molecule has 0 saturated heterocycles. The summed E-state index contributed by atoms with van der Waals surface area (Å²) < 4.78 is 0.920. The second kappa shape index (κ2) is 3.82. The van der Waals surface area contributed by atoms with Crippen molar-refractivity contribution < 1.29 is 0 Å². The molecule has 2 rings (SSSR count). The molecule has 0 aliphatic heterocycles. The topological polar surface area (TPSA) is 56.6 Å². The van der Waals surface area contributed by atoms with Crippen LogP contribution in [-0.2, 0) is 6.42 Å². The van der Waals surface area contributed by atoms with Crippen LogP contribution in [0.15, 0.2) is 9.27 Å². The van der Waals surface area contributed by atoms with E-state index in [1.807, 2.05) is 13.0 Å². The summed E-state index contributed by atoms with van der Waals surface area (Å²) in [5.74, 6) is 0.477. The van der Waals surface area contributed by atoms with Crippen LogP contribution >= 0.6 is 15.9 Å². The van der Waals surface area contributed by atoms with Crippen LogP contribution in [-0.4, -0.2) is 4.98 Å². The highest BCUT2D eigenvalue weighted by molar-refractivity contribution is 9.10. The van der Waals surface area contributed by atoms with Crippen LogP contribution in [0.2, 0.25) is 0 Å². The highest BCUT2D eigenvalue weighted by Crippen LogP contribution is 2.42. The van der Waals surface area contributed by atoms with Gasteiger partial charge in [-0.25, -0.2) is 0 Å². The van der Waals surface area contributed by atoms with Gasteiger partial charge < -0.3 is 4.98 Å². The van der Waals surface area contributed by atoms with Gasteiger partial charge in [-0.3, -0.25) is 4.79 Å². The fourth-order valence-corrected chi connectivity index (χ4v) is 2.65. The zero-order valence-electron chi connectivity index (χ0n) is 8.43. The maximum absolute atomic E-state index is 11.6. The average molecular weight is 267 g/mol. The Morgan fingerprint density at radius 2 is 2.27 bits per heavy atom. The number of nitrogens with one attached hydrogen (secondary N) is 1. The van der Waals surface area contributed by atoms with Gasteiger partial charge in [0.25, 0.3) is 5.56 Å². The van der Waals surface area contributed by atoms with E-state index in [1.54, 1.807) is 0 Å². The van der Waals surface area contributed by atoms with Crippen LogP contribution < -0.4 is 5.56 Å². The number of hydrogen-bond acceptors (Lipinski definition) is 2. The van der Waals surface area contributed by atoms with Gasteiger partial charge >= 0.3 is 0 Å². The second-order valence-electron chi connectivity index (χ2n) is 3.77. The van der Waals surface area contributed by atoms with Gasteiger partial charge in [0.05, 0.1) is 0 Å². The number of halogens is 1. The first-order valence-corrected chi connectivity index (χ1v) is 5.83. The molecule has 0 radical (unpaired) electrons. The lowest BCUT2D eigenvalue weighted by Crippen LogP contribution is -2.16. The third-order valence-electron chi connectivity index (χ3n) is 2.73. The largest absolute Gasteiger partial charge is 0.324 e. The molecule has 78 valence electrons. The maximum Gasteiger partial charge on any atom is 0.266 e. The summed E-state index contributed by atoms with van der Waals surface area (Å²) in [5.41, 5.74) is 1.80. The number of pyridine rings is 1. The van der Waals surface area contributed by atoms with Crippen LogP contribution in [0.4, 0.5) is 0 Å². The summed E-state index contributed by atoms with van der Waals surface area (Å²) in [5, 5.41) is 8.91. The van der Waals surface area contributed by atoms with Crippen molar-refractivity contribution in [1.82, 2.24) is 4.98 Å². The standard InChI is InChI=1S/C11H11BrN2O/c1-2-7-8(5-13)11(15)14-10(9(7)12)6-3-4-6/h6H,2-4H2,1H3,(H,14,15). The minimum Gasteiger partial charge on any atom is -0.324 e. The van der Waals surface area contributed by atoms with Gasteiger partial charge in [-0.2, -0.15) is 5.26 Å². The van der Waals surface area contributed by atoms with E-state index in [-0.39, 0.29) is 11.1 Å². The number of nitrogens with zero attached hydrogens (tertiary/aromatic N) is 1. The second-order valence-corrected chi connectivity index (χ2v) is 4.57. The molecule has 0 spiro atoms. The van der Waals surface area contributed by atoms with Crippen molar-refractivity contribution in [2.75, 3.05) is 0 Å². The Labute approximate surface area is 96.3 Å². The first-order valence-electron chi connectivity index (χ1n) is 5.03. The smallest absolute Gasteiger partial charge is 0.266 e. The van der Waals surface area contributed by atoms with E-state index < -0.39 is 0 Å². The van der Waals surface area contributed by atoms with Crippen molar-refractivity contribution in [3.8, 4) is 6.07 Å². The number of H-pyrrole nitrogens is 1. The summed E-state index contributed by atoms with van der Waals surface area (Å²) >= 11 is 3.49. The number of rotatable bonds is 2. The van der Waals surface area contributed by atoms with Crippen molar-refractivity contribution in [2.45, 2.75) is 32.1 Å². The SMILES string of the molecule is CCc1c(Br)c(C2CC2)[nH]c(=O)c1C#N. The van der Waals surface area contributed by atoms with Gasteiger partial charge in [-0.05, 0) is 40.8 Å². The third kappa shape index (κ3) is 1.72. The molecule has 1 aromatic heterocycles. The van der Waals surface area contributed by atoms with Crippen molar-refractivity contribution in [1.29, 1.82) is 5.26 Å². The predicted octanol–water partition coefficient (Wildman–Crippen LogP) is 2.45. The fourth-order valence-electron chi connectivity index (χ4n) is 1.75. The molecule has 0 amide bonds. The molecule has 1 fully saturated rings. The first-order chi connectivity index (χ1) is 7.19. The Hall–Kier alpha value is -1.08. The van der Waals surface area contributed by atoms with E-state index in [9.17, 15) is 4.79 Å². The quantitative estimate of drug-likeness (QED) is 0.894. The molecule has 1 aliphatic carbocycles. The number of aromatic amines is 1. The van der Waals surface area contributed by atoms with Crippen LogP contribution in [0.25, 0.3) is 0 Å². The van der Waals surface area contributed by atoms with E-state index in [0.29, 0.717) is 12.3 Å². The van der Waals surface area contributed by atoms with Gasteiger partial charge in [0, 0.05) is 16.1 Å². The third-order valence-corrected chi connectivity index (χ3v) is 3.64. The van der Waals surface area contributed by atoms with E-state index in [1.165, 1.54) is 0 Å². The lowest BCUT2D eigenvalue weighted by molar-refractivity contribution is 0.948. The summed E-state index contributed by atoms with van der Waals surface area (Å²) in [4.78, 5) is 14.4. The molecule has 1 saturated carbocycles. The van der Waals surface area contributed by atoms with Crippen LogP contribution in [0.3, 0.4) is 0 Å². The maximum atomic E-state index is 11.6. The van der Waals surface area contributed by atoms with E-state index in [0.717, 1.165) is 28.6 Å². The number of aromatic nitrogens is 1. The molecule has 1 aromatic rings. The van der Waals surface area contributed by atoms with Gasteiger partial charge in [-0.15, -0.1) is 0 Å². The van der Waals surface area contributed by atoms with Gasteiger partial charge in [0.2, 0.25) is 0 Å². The summed E-state index contributed by atoms with van der Waals surface area (Å²) in [6, 6.07) is 1.97. The molecule has 15 heavy (non-hydrogen) atoms. The minimum absolute atomic E-state index is 0.244. The van der Waals surface area contributed by atoms with E-state index in [4.69, 9.17) is 5.26 Å². The molecular weight excluding hydrogens is 256 g/mol. The van der Waals surface area contributed by atoms with Crippen LogP contribution in [0.1, 0.15) is 42.5 Å². The zero-order valence-corrected chi connectivity index (χ0v) is 10.0. The molecule has 3 nitrogen and oxygen atoms in total. The fraction of sp³-hybridized carbons (Fsp3) is 0.455. The highest BCUT2D eigenvalue weighted by atomic mass is 79.9. The molecule has 1 heterocycles. The Kier molecular flexibility index (Phi) is 2.66. The van der Waals surface area contributed by atoms with Gasteiger partial charge in [-0.1, -0.05) is 6.92 Å². The average Bonchev–Trinajstić information content (AvgIpc) is 3.03. The molecule has 0 unspecified atom stereocenters. The number of nitriles is 1. The Balaban J connectivity index is 2.68. The molecular formula is C11H11BrN2O. The zero-order chi connectivity index (χ0) is 11.0. The summed E-state index contributed by atoms with van der Waals surface area (Å²) in [7, 11) is 0. The summed E-state index contributed by atoms with van der Waals surface area (Å²) in [6.45, 7) is 1.96. The predicted molar refractivity (Wildman–Crippen MR) is 60.8 cm³/mol. The van der Waals surface area contributed by atoms with Crippen molar-refractivity contribution in [3.05, 3.63) is 31.6 Å². The molecule has 1 aliphatic rings. The molecule has 0 atom stereocenters. The lowest BCUT2D eigenvalue weighted by atomic mass is 10.1. The highest BCUT2D eigenvalue weighted by Gasteiger charge is 2.28. The summed E-state index contributed by atoms with van der Waals surface area (Å²) in [6.07, 6.45) is 2.96.